The molecule has 0 bridgehead atoms. The first-order valence-corrected chi connectivity index (χ1v) is 8.42. The van der Waals surface area contributed by atoms with Crippen molar-refractivity contribution in [3.8, 4) is 5.75 Å². The van der Waals surface area contributed by atoms with Gasteiger partial charge in [-0.2, -0.15) is 0 Å². The van der Waals surface area contributed by atoms with Gasteiger partial charge in [0, 0.05) is 12.1 Å². The van der Waals surface area contributed by atoms with Gasteiger partial charge >= 0.3 is 0 Å². The van der Waals surface area contributed by atoms with E-state index < -0.39 is 0 Å². The molecular weight excluding hydrogens is 343 g/mol. The number of fused-ring (bicyclic) bond motifs is 1. The van der Waals surface area contributed by atoms with E-state index in [4.69, 9.17) is 16.3 Å². The minimum Gasteiger partial charge on any atom is -0.496 e. The van der Waals surface area contributed by atoms with Crippen LogP contribution < -0.4 is 9.64 Å². The lowest BCUT2D eigenvalue weighted by atomic mass is 10.0. The van der Waals surface area contributed by atoms with Crippen LogP contribution in [-0.2, 0) is 0 Å². The summed E-state index contributed by atoms with van der Waals surface area (Å²) in [5.41, 5.74) is 2.10. The molecule has 0 amide bonds. The second kappa shape index (κ2) is 6.44. The molecule has 1 aliphatic rings. The molecule has 0 spiro atoms. The Morgan fingerprint density at radius 3 is 2.96 bits per heavy atom. The van der Waals surface area contributed by atoms with Gasteiger partial charge < -0.3 is 9.64 Å². The van der Waals surface area contributed by atoms with Crippen molar-refractivity contribution in [2.24, 2.45) is 0 Å². The Labute approximate surface area is 149 Å². The van der Waals surface area contributed by atoms with Gasteiger partial charge in [-0.15, -0.1) is 0 Å². The second-order valence-corrected chi connectivity index (χ2v) is 6.30. The highest BCUT2D eigenvalue weighted by molar-refractivity contribution is 6.33. The summed E-state index contributed by atoms with van der Waals surface area (Å²) < 4.78 is 19.2. The molecule has 5 nitrogen and oxygen atoms in total. The zero-order valence-corrected chi connectivity index (χ0v) is 14.4. The SMILES string of the molecule is COc1ccc(F)cc1[C@H]1CCCN1c1ccc2ncnc(Cl)c2n1. The number of benzene rings is 1. The quantitative estimate of drug-likeness (QED) is 0.658. The van der Waals surface area contributed by atoms with E-state index in [1.54, 1.807) is 19.2 Å². The van der Waals surface area contributed by atoms with E-state index in [-0.39, 0.29) is 11.9 Å². The molecule has 1 fully saturated rings. The fraction of sp³-hybridized carbons (Fsp3) is 0.278. The Morgan fingerprint density at radius 2 is 2.12 bits per heavy atom. The molecule has 1 aromatic carbocycles. The molecule has 0 aliphatic carbocycles. The molecule has 3 heterocycles. The van der Waals surface area contributed by atoms with Gasteiger partial charge in [-0.05, 0) is 43.2 Å². The van der Waals surface area contributed by atoms with Crippen LogP contribution in [-0.4, -0.2) is 28.6 Å². The van der Waals surface area contributed by atoms with Gasteiger partial charge in [-0.1, -0.05) is 11.6 Å². The van der Waals surface area contributed by atoms with Crippen LogP contribution in [0.15, 0.2) is 36.7 Å². The fourth-order valence-electron chi connectivity index (χ4n) is 3.39. The molecule has 2 aromatic heterocycles. The van der Waals surface area contributed by atoms with Gasteiger partial charge in [-0.3, -0.25) is 0 Å². The van der Waals surface area contributed by atoms with E-state index in [9.17, 15) is 4.39 Å². The maximum Gasteiger partial charge on any atom is 0.158 e. The number of hydrogen-bond donors (Lipinski definition) is 0. The fourth-order valence-corrected chi connectivity index (χ4v) is 3.57. The third kappa shape index (κ3) is 2.87. The number of rotatable bonds is 3. The number of pyridine rings is 1. The first-order chi connectivity index (χ1) is 12.2. The Hall–Kier alpha value is -2.47. The molecular formula is C18H16ClFN4O. The van der Waals surface area contributed by atoms with Gasteiger partial charge in [0.15, 0.2) is 5.15 Å². The summed E-state index contributed by atoms with van der Waals surface area (Å²) in [5.74, 6) is 1.18. The molecule has 0 radical (unpaired) electrons. The number of halogens is 2. The molecule has 7 heteroatoms. The third-order valence-corrected chi connectivity index (χ3v) is 4.80. The van der Waals surface area contributed by atoms with Gasteiger partial charge in [0.1, 0.15) is 29.2 Å². The standard InChI is InChI=1S/C18H16ClFN4O/c1-25-15-6-4-11(20)9-12(15)14-3-2-8-24(14)16-7-5-13-17(23-16)18(19)22-10-21-13/h4-7,9-10,14H,2-3,8H2,1H3/t14-/m1/s1. The molecule has 4 rings (SSSR count). The number of nitrogens with zero attached hydrogens (tertiary/aromatic N) is 4. The van der Waals surface area contributed by atoms with Crippen LogP contribution >= 0.6 is 11.6 Å². The Kier molecular flexibility index (Phi) is 4.13. The van der Waals surface area contributed by atoms with Crippen molar-refractivity contribution in [3.63, 3.8) is 0 Å². The van der Waals surface area contributed by atoms with Crippen molar-refractivity contribution in [1.82, 2.24) is 15.0 Å². The number of ether oxygens (including phenoxy) is 1. The average molecular weight is 359 g/mol. The summed E-state index contributed by atoms with van der Waals surface area (Å²) in [6.07, 6.45) is 3.31. The average Bonchev–Trinajstić information content (AvgIpc) is 3.11. The van der Waals surface area contributed by atoms with Gasteiger partial charge in [0.25, 0.3) is 0 Å². The molecule has 128 valence electrons. The monoisotopic (exact) mass is 358 g/mol. The summed E-state index contributed by atoms with van der Waals surface area (Å²) in [6, 6.07) is 8.41. The zero-order valence-electron chi connectivity index (χ0n) is 13.6. The van der Waals surface area contributed by atoms with E-state index in [2.05, 4.69) is 19.9 Å². The lowest BCUT2D eigenvalue weighted by Gasteiger charge is -2.27. The van der Waals surface area contributed by atoms with Crippen LogP contribution in [0.3, 0.4) is 0 Å². The molecule has 0 unspecified atom stereocenters. The number of methoxy groups -OCH3 is 1. The second-order valence-electron chi connectivity index (χ2n) is 5.94. The Morgan fingerprint density at radius 1 is 1.24 bits per heavy atom. The molecule has 1 saturated heterocycles. The van der Waals surface area contributed by atoms with Gasteiger partial charge in [0.05, 0.1) is 18.7 Å². The summed E-state index contributed by atoms with van der Waals surface area (Å²) in [4.78, 5) is 15.0. The van der Waals surface area contributed by atoms with Crippen LogP contribution in [0.25, 0.3) is 11.0 Å². The molecule has 25 heavy (non-hydrogen) atoms. The third-order valence-electron chi connectivity index (χ3n) is 4.52. The van der Waals surface area contributed by atoms with Crippen molar-refractivity contribution in [1.29, 1.82) is 0 Å². The molecule has 3 aromatic rings. The molecule has 1 atom stereocenters. The van der Waals surface area contributed by atoms with E-state index in [1.165, 1.54) is 12.4 Å². The summed E-state index contributed by atoms with van der Waals surface area (Å²) in [7, 11) is 1.60. The first kappa shape index (κ1) is 16.0. The number of hydrogen-bond acceptors (Lipinski definition) is 5. The zero-order chi connectivity index (χ0) is 17.4. The first-order valence-electron chi connectivity index (χ1n) is 8.04. The maximum absolute atomic E-state index is 13.8. The smallest absolute Gasteiger partial charge is 0.158 e. The van der Waals surface area contributed by atoms with Crippen LogP contribution in [0.4, 0.5) is 10.2 Å². The lowest BCUT2D eigenvalue weighted by Crippen LogP contribution is -2.24. The van der Waals surface area contributed by atoms with Crippen molar-refractivity contribution >= 4 is 28.5 Å². The summed E-state index contributed by atoms with van der Waals surface area (Å²) >= 11 is 6.16. The van der Waals surface area contributed by atoms with Gasteiger partial charge in [0.2, 0.25) is 0 Å². The van der Waals surface area contributed by atoms with E-state index in [0.29, 0.717) is 21.9 Å². The minimum atomic E-state index is -0.273. The van der Waals surface area contributed by atoms with Crippen LogP contribution in [0.2, 0.25) is 5.15 Å². The summed E-state index contributed by atoms with van der Waals surface area (Å²) in [6.45, 7) is 0.828. The lowest BCUT2D eigenvalue weighted by molar-refractivity contribution is 0.404. The van der Waals surface area contributed by atoms with Crippen molar-refractivity contribution in [2.45, 2.75) is 18.9 Å². The molecule has 0 N–H and O–H groups in total. The summed E-state index contributed by atoms with van der Waals surface area (Å²) in [5, 5.41) is 0.325. The largest absolute Gasteiger partial charge is 0.496 e. The van der Waals surface area contributed by atoms with E-state index in [0.717, 1.165) is 30.8 Å². The van der Waals surface area contributed by atoms with E-state index >= 15 is 0 Å². The highest BCUT2D eigenvalue weighted by Gasteiger charge is 2.30. The predicted octanol–water partition coefficient (Wildman–Crippen LogP) is 4.17. The number of anilines is 1. The highest BCUT2D eigenvalue weighted by Crippen LogP contribution is 2.40. The normalized spacial score (nSPS) is 17.2. The molecule has 0 saturated carbocycles. The Balaban J connectivity index is 1.77. The topological polar surface area (TPSA) is 51.1 Å². The van der Waals surface area contributed by atoms with Crippen molar-refractivity contribution in [2.75, 3.05) is 18.6 Å². The van der Waals surface area contributed by atoms with Gasteiger partial charge in [-0.25, -0.2) is 19.3 Å². The molecule has 1 aliphatic heterocycles. The minimum absolute atomic E-state index is 0.000920. The van der Waals surface area contributed by atoms with Crippen LogP contribution in [0, 0.1) is 5.82 Å². The maximum atomic E-state index is 13.8. The van der Waals surface area contributed by atoms with Crippen LogP contribution in [0.5, 0.6) is 5.75 Å². The Bertz CT molecular complexity index is 936. The predicted molar refractivity (Wildman–Crippen MR) is 94.6 cm³/mol. The highest BCUT2D eigenvalue weighted by atomic mass is 35.5. The van der Waals surface area contributed by atoms with Crippen molar-refractivity contribution in [3.05, 3.63) is 53.2 Å². The van der Waals surface area contributed by atoms with E-state index in [1.807, 2.05) is 12.1 Å². The van der Waals surface area contributed by atoms with Crippen LogP contribution in [0.1, 0.15) is 24.4 Å². The number of aromatic nitrogens is 3. The van der Waals surface area contributed by atoms with Crippen molar-refractivity contribution < 1.29 is 9.13 Å².